The van der Waals surface area contributed by atoms with E-state index in [4.69, 9.17) is 4.74 Å². The van der Waals surface area contributed by atoms with E-state index in [-0.39, 0.29) is 11.7 Å². The van der Waals surface area contributed by atoms with Crippen LogP contribution in [0.2, 0.25) is 0 Å². The van der Waals surface area contributed by atoms with Gasteiger partial charge < -0.3 is 4.74 Å². The molecule has 0 heterocycles. The highest BCUT2D eigenvalue weighted by Gasteiger charge is 2.17. The number of methoxy groups -OCH3 is 1. The van der Waals surface area contributed by atoms with Crippen molar-refractivity contribution in [2.75, 3.05) is 20.7 Å². The summed E-state index contributed by atoms with van der Waals surface area (Å²) in [5, 5.41) is 3.96. The van der Waals surface area contributed by atoms with E-state index in [2.05, 4.69) is 5.29 Å². The highest BCUT2D eigenvalue weighted by Crippen LogP contribution is 2.16. The highest BCUT2D eigenvalue weighted by molar-refractivity contribution is 5.98. The number of hydrogen-bond acceptors (Lipinski definition) is 4. The maximum absolute atomic E-state index is 12.0. The summed E-state index contributed by atoms with van der Waals surface area (Å²) in [5.41, 5.74) is 0.580. The fraction of sp³-hybridized carbons (Fsp3) is 0.417. The molecule has 0 amide bonds. The summed E-state index contributed by atoms with van der Waals surface area (Å²) in [4.78, 5) is 22.3. The van der Waals surface area contributed by atoms with Crippen LogP contribution in [0.15, 0.2) is 29.6 Å². The van der Waals surface area contributed by atoms with Gasteiger partial charge in [-0.1, -0.05) is 19.1 Å². The monoisotopic (exact) mass is 236 g/mol. The molecule has 0 saturated heterocycles. The number of rotatable bonds is 6. The smallest absolute Gasteiger partial charge is 0.167 e. The molecule has 0 spiro atoms. The van der Waals surface area contributed by atoms with Crippen LogP contribution in [0.4, 0.5) is 0 Å². The Hall–Kier alpha value is -1.91. The Labute approximate surface area is 100 Å². The summed E-state index contributed by atoms with van der Waals surface area (Å²) in [6.07, 6.45) is 0. The zero-order chi connectivity index (χ0) is 12.8. The molecular formula is C12H16N2O3. The Morgan fingerprint density at radius 3 is 2.82 bits per heavy atom. The number of ketones is 1. The zero-order valence-corrected chi connectivity index (χ0v) is 10.2. The molecule has 0 N–H and O–H groups in total. The molecule has 17 heavy (non-hydrogen) atoms. The van der Waals surface area contributed by atoms with Crippen molar-refractivity contribution in [2.45, 2.75) is 6.92 Å². The van der Waals surface area contributed by atoms with E-state index in [0.29, 0.717) is 17.9 Å². The van der Waals surface area contributed by atoms with Gasteiger partial charge in [0.15, 0.2) is 5.78 Å². The lowest BCUT2D eigenvalue weighted by Crippen LogP contribution is -2.24. The van der Waals surface area contributed by atoms with Gasteiger partial charge >= 0.3 is 0 Å². The van der Waals surface area contributed by atoms with E-state index in [0.717, 1.165) is 0 Å². The molecule has 1 unspecified atom stereocenters. The second-order valence-electron chi connectivity index (χ2n) is 3.92. The van der Waals surface area contributed by atoms with Crippen molar-refractivity contribution in [1.82, 2.24) is 5.01 Å². The summed E-state index contributed by atoms with van der Waals surface area (Å²) < 4.78 is 5.06. The van der Waals surface area contributed by atoms with Crippen molar-refractivity contribution >= 4 is 5.78 Å². The summed E-state index contributed by atoms with van der Waals surface area (Å²) in [5.74, 6) is 0.328. The minimum atomic E-state index is -0.287. The number of Topliss-reactive ketones (excluding diaryl/α,β-unsaturated/α-hetero) is 1. The summed E-state index contributed by atoms with van der Waals surface area (Å²) in [6.45, 7) is 2.07. The second-order valence-corrected chi connectivity index (χ2v) is 3.92. The summed E-state index contributed by atoms with van der Waals surface area (Å²) in [6, 6.07) is 6.96. The Morgan fingerprint density at radius 1 is 1.53 bits per heavy atom. The van der Waals surface area contributed by atoms with Crippen LogP contribution in [0.1, 0.15) is 17.3 Å². The fourth-order valence-corrected chi connectivity index (χ4v) is 1.57. The lowest BCUT2D eigenvalue weighted by molar-refractivity contribution is 0.0903. The van der Waals surface area contributed by atoms with Crippen LogP contribution >= 0.6 is 0 Å². The van der Waals surface area contributed by atoms with Gasteiger partial charge in [0, 0.05) is 25.1 Å². The number of nitrogens with zero attached hydrogens (tertiary/aromatic N) is 2. The van der Waals surface area contributed by atoms with E-state index in [9.17, 15) is 9.70 Å². The minimum absolute atomic E-state index is 0.0283. The maximum Gasteiger partial charge on any atom is 0.167 e. The van der Waals surface area contributed by atoms with E-state index in [1.54, 1.807) is 45.3 Å². The molecule has 0 radical (unpaired) electrons. The third-order valence-electron chi connectivity index (χ3n) is 2.48. The van der Waals surface area contributed by atoms with Crippen LogP contribution in [-0.2, 0) is 0 Å². The van der Waals surface area contributed by atoms with Gasteiger partial charge in [0.2, 0.25) is 0 Å². The average Bonchev–Trinajstić information content (AvgIpc) is 2.37. The first kappa shape index (κ1) is 13.2. The second kappa shape index (κ2) is 5.98. The van der Waals surface area contributed by atoms with Crippen molar-refractivity contribution in [2.24, 2.45) is 11.2 Å². The molecule has 0 aliphatic rings. The van der Waals surface area contributed by atoms with Gasteiger partial charge in [0.05, 0.1) is 12.4 Å². The molecule has 5 nitrogen and oxygen atoms in total. The number of ether oxygens (including phenoxy) is 1. The topological polar surface area (TPSA) is 59.0 Å². The summed E-state index contributed by atoms with van der Waals surface area (Å²) >= 11 is 0. The Kier molecular flexibility index (Phi) is 4.63. The first-order valence-corrected chi connectivity index (χ1v) is 5.31. The fourth-order valence-electron chi connectivity index (χ4n) is 1.57. The molecule has 0 aliphatic carbocycles. The van der Waals surface area contributed by atoms with Gasteiger partial charge in [-0.25, -0.2) is 0 Å². The Bertz CT molecular complexity index is 406. The number of carbonyl (C=O) groups is 1. The van der Waals surface area contributed by atoms with Gasteiger partial charge in [-0.2, -0.15) is 0 Å². The van der Waals surface area contributed by atoms with Crippen LogP contribution < -0.4 is 4.74 Å². The standard InChI is InChI=1S/C12H16N2O3/c1-9(8-14(2)13-16)12(15)10-5-4-6-11(7-10)17-3/h4-7,9H,8H2,1-3H3. The largest absolute Gasteiger partial charge is 0.497 e. The molecular weight excluding hydrogens is 220 g/mol. The molecule has 0 aliphatic heterocycles. The van der Waals surface area contributed by atoms with E-state index in [1.165, 1.54) is 5.01 Å². The lowest BCUT2D eigenvalue weighted by Gasteiger charge is -2.14. The maximum atomic E-state index is 12.0. The third-order valence-corrected chi connectivity index (χ3v) is 2.48. The minimum Gasteiger partial charge on any atom is -0.497 e. The van der Waals surface area contributed by atoms with Crippen molar-refractivity contribution in [3.63, 3.8) is 0 Å². The third kappa shape index (κ3) is 3.55. The molecule has 1 rings (SSSR count). The van der Waals surface area contributed by atoms with Crippen LogP contribution in [0.5, 0.6) is 5.75 Å². The molecule has 0 bridgehead atoms. The normalized spacial score (nSPS) is 11.7. The molecule has 0 aromatic heterocycles. The molecule has 1 aromatic carbocycles. The van der Waals surface area contributed by atoms with Crippen molar-refractivity contribution in [1.29, 1.82) is 0 Å². The van der Waals surface area contributed by atoms with Crippen molar-refractivity contribution in [3.05, 3.63) is 34.7 Å². The highest BCUT2D eigenvalue weighted by atomic mass is 16.5. The van der Waals surface area contributed by atoms with Gasteiger partial charge in [-0.15, -0.1) is 4.91 Å². The summed E-state index contributed by atoms with van der Waals surface area (Å²) in [7, 11) is 3.10. The molecule has 92 valence electrons. The van der Waals surface area contributed by atoms with Crippen molar-refractivity contribution in [3.8, 4) is 5.75 Å². The van der Waals surface area contributed by atoms with Crippen molar-refractivity contribution < 1.29 is 9.53 Å². The molecule has 0 fully saturated rings. The first-order chi connectivity index (χ1) is 8.08. The van der Waals surface area contributed by atoms with Gasteiger partial charge in [0.1, 0.15) is 5.75 Å². The zero-order valence-electron chi connectivity index (χ0n) is 10.2. The average molecular weight is 236 g/mol. The van der Waals surface area contributed by atoms with Gasteiger partial charge in [0.25, 0.3) is 0 Å². The number of hydrogen-bond donors (Lipinski definition) is 0. The first-order valence-electron chi connectivity index (χ1n) is 5.31. The van der Waals surface area contributed by atoms with Crippen LogP contribution in [0.3, 0.4) is 0 Å². The van der Waals surface area contributed by atoms with Crippen LogP contribution in [0.25, 0.3) is 0 Å². The van der Waals surface area contributed by atoms with Crippen LogP contribution in [0, 0.1) is 10.8 Å². The lowest BCUT2D eigenvalue weighted by atomic mass is 9.99. The SMILES string of the molecule is COc1cccc(C(=O)C(C)CN(C)N=O)c1. The van der Waals surface area contributed by atoms with Gasteiger partial charge in [-0.3, -0.25) is 9.80 Å². The molecule has 0 saturated carbocycles. The number of benzene rings is 1. The molecule has 5 heteroatoms. The molecule has 1 atom stereocenters. The Morgan fingerprint density at radius 2 is 2.24 bits per heavy atom. The Balaban J connectivity index is 2.77. The molecule has 1 aromatic rings. The van der Waals surface area contributed by atoms with Crippen LogP contribution in [-0.4, -0.2) is 31.5 Å². The van der Waals surface area contributed by atoms with E-state index >= 15 is 0 Å². The van der Waals surface area contributed by atoms with E-state index < -0.39 is 0 Å². The predicted octanol–water partition coefficient (Wildman–Crippen LogP) is 2.13. The predicted molar refractivity (Wildman–Crippen MR) is 64.9 cm³/mol. The van der Waals surface area contributed by atoms with Gasteiger partial charge in [-0.05, 0) is 12.1 Å². The number of nitroso groups, excluding NO2 is 1. The number of carbonyl (C=O) groups excluding carboxylic acids is 1. The quantitative estimate of drug-likeness (QED) is 0.431. The van der Waals surface area contributed by atoms with E-state index in [1.807, 2.05) is 0 Å².